The maximum atomic E-state index is 12.4. The molecule has 2 N–H and O–H groups in total. The molecule has 2 aromatic rings. The number of ether oxygens (including phenoxy) is 1. The van der Waals surface area contributed by atoms with Crippen LogP contribution >= 0.6 is 11.6 Å². The summed E-state index contributed by atoms with van der Waals surface area (Å²) >= 11 is 5.85. The van der Waals surface area contributed by atoms with Crippen LogP contribution in [0.2, 0.25) is 5.02 Å². The SMILES string of the molecule is CN=C(NCc1ccc(Cl)cc1)NCc1ccccc1OC(F)F. The highest BCUT2D eigenvalue weighted by Gasteiger charge is 2.09. The van der Waals surface area contributed by atoms with Gasteiger partial charge in [-0.2, -0.15) is 8.78 Å². The Kier molecular flexibility index (Phi) is 6.81. The van der Waals surface area contributed by atoms with Crippen LogP contribution in [-0.4, -0.2) is 19.6 Å². The third kappa shape index (κ3) is 5.70. The molecule has 0 aliphatic heterocycles. The molecule has 0 saturated heterocycles. The van der Waals surface area contributed by atoms with Crippen molar-refractivity contribution in [3.63, 3.8) is 0 Å². The molecule has 4 nitrogen and oxygen atoms in total. The number of benzene rings is 2. The number of alkyl halides is 2. The first-order chi connectivity index (χ1) is 11.6. The van der Waals surface area contributed by atoms with Gasteiger partial charge in [0, 0.05) is 30.7 Å². The summed E-state index contributed by atoms with van der Waals surface area (Å²) in [5.74, 6) is 0.699. The summed E-state index contributed by atoms with van der Waals surface area (Å²) < 4.78 is 29.3. The minimum Gasteiger partial charge on any atom is -0.434 e. The van der Waals surface area contributed by atoms with Gasteiger partial charge >= 0.3 is 6.61 Å². The normalized spacial score (nSPS) is 11.5. The molecule has 0 aliphatic rings. The van der Waals surface area contributed by atoms with Crippen molar-refractivity contribution in [2.75, 3.05) is 7.05 Å². The fourth-order valence-electron chi connectivity index (χ4n) is 2.05. The van der Waals surface area contributed by atoms with Crippen molar-refractivity contribution < 1.29 is 13.5 Å². The van der Waals surface area contributed by atoms with Crippen molar-refractivity contribution >= 4 is 17.6 Å². The molecule has 0 fully saturated rings. The molecule has 0 atom stereocenters. The number of hydrogen-bond donors (Lipinski definition) is 2. The summed E-state index contributed by atoms with van der Waals surface area (Å²) in [5, 5.41) is 6.89. The minimum absolute atomic E-state index is 0.146. The number of para-hydroxylation sites is 1. The minimum atomic E-state index is -2.85. The van der Waals surface area contributed by atoms with E-state index in [1.54, 1.807) is 25.2 Å². The molecule has 7 heteroatoms. The molecule has 0 aliphatic carbocycles. The smallest absolute Gasteiger partial charge is 0.387 e. The van der Waals surface area contributed by atoms with Gasteiger partial charge in [0.2, 0.25) is 0 Å². The van der Waals surface area contributed by atoms with E-state index in [9.17, 15) is 8.78 Å². The van der Waals surface area contributed by atoms with Crippen LogP contribution in [0.25, 0.3) is 0 Å². The molecule has 128 valence electrons. The summed E-state index contributed by atoms with van der Waals surface area (Å²) in [6, 6.07) is 14.1. The number of nitrogens with zero attached hydrogens (tertiary/aromatic N) is 1. The molecule has 0 unspecified atom stereocenters. The van der Waals surface area contributed by atoms with Gasteiger partial charge in [-0.15, -0.1) is 0 Å². The summed E-state index contributed by atoms with van der Waals surface area (Å²) in [6.45, 7) is -1.98. The Morgan fingerprint density at radius 1 is 1.08 bits per heavy atom. The second-order valence-corrected chi connectivity index (χ2v) is 5.33. The Bertz CT molecular complexity index is 678. The van der Waals surface area contributed by atoms with Crippen LogP contribution < -0.4 is 15.4 Å². The zero-order valence-corrected chi connectivity index (χ0v) is 13.9. The fraction of sp³-hybridized carbons (Fsp3) is 0.235. The van der Waals surface area contributed by atoms with Gasteiger partial charge in [0.05, 0.1) is 0 Å². The monoisotopic (exact) mass is 353 g/mol. The van der Waals surface area contributed by atoms with Crippen LogP contribution in [0.5, 0.6) is 5.75 Å². The standard InChI is InChI=1S/C17H18ClF2N3O/c1-21-17(22-10-12-6-8-14(18)9-7-12)23-11-13-4-2-3-5-15(13)24-16(19)20/h2-9,16H,10-11H2,1H3,(H2,21,22,23). The third-order valence-corrected chi connectivity index (χ3v) is 3.48. The highest BCUT2D eigenvalue weighted by molar-refractivity contribution is 6.30. The molecule has 0 saturated carbocycles. The predicted molar refractivity (Wildman–Crippen MR) is 91.6 cm³/mol. The quantitative estimate of drug-likeness (QED) is 0.613. The van der Waals surface area contributed by atoms with Crippen molar-refractivity contribution in [3.8, 4) is 5.75 Å². The van der Waals surface area contributed by atoms with E-state index >= 15 is 0 Å². The van der Waals surface area contributed by atoms with E-state index in [2.05, 4.69) is 20.4 Å². The maximum absolute atomic E-state index is 12.4. The summed E-state index contributed by atoms with van der Waals surface area (Å²) in [4.78, 5) is 4.11. The van der Waals surface area contributed by atoms with Crippen molar-refractivity contribution in [3.05, 3.63) is 64.7 Å². The van der Waals surface area contributed by atoms with Gasteiger partial charge in [-0.1, -0.05) is 41.9 Å². The molecular weight excluding hydrogens is 336 g/mol. The lowest BCUT2D eigenvalue weighted by atomic mass is 10.2. The number of aliphatic imine (C=N–C) groups is 1. The Hall–Kier alpha value is -2.34. The molecule has 24 heavy (non-hydrogen) atoms. The van der Waals surface area contributed by atoms with E-state index in [0.717, 1.165) is 5.56 Å². The van der Waals surface area contributed by atoms with Gasteiger partial charge in [0.25, 0.3) is 0 Å². The van der Waals surface area contributed by atoms with Crippen molar-refractivity contribution in [2.24, 2.45) is 4.99 Å². The van der Waals surface area contributed by atoms with Crippen LogP contribution in [0.3, 0.4) is 0 Å². The van der Waals surface area contributed by atoms with Crippen molar-refractivity contribution in [1.82, 2.24) is 10.6 Å². The summed E-state index contributed by atoms with van der Waals surface area (Å²) in [6.07, 6.45) is 0. The fourth-order valence-corrected chi connectivity index (χ4v) is 2.17. The largest absolute Gasteiger partial charge is 0.434 e. The van der Waals surface area contributed by atoms with Gasteiger partial charge < -0.3 is 15.4 Å². The Morgan fingerprint density at radius 3 is 2.42 bits per heavy atom. The van der Waals surface area contributed by atoms with E-state index < -0.39 is 6.61 Å². The number of guanidine groups is 1. The zero-order valence-electron chi connectivity index (χ0n) is 13.1. The Morgan fingerprint density at radius 2 is 1.75 bits per heavy atom. The molecule has 2 aromatic carbocycles. The topological polar surface area (TPSA) is 45.7 Å². The summed E-state index contributed by atoms with van der Waals surface area (Å²) in [5.41, 5.74) is 1.66. The average Bonchev–Trinajstić information content (AvgIpc) is 2.57. The summed E-state index contributed by atoms with van der Waals surface area (Å²) in [7, 11) is 1.64. The highest BCUT2D eigenvalue weighted by Crippen LogP contribution is 2.19. The van der Waals surface area contributed by atoms with Crippen LogP contribution in [0.4, 0.5) is 8.78 Å². The number of hydrogen-bond acceptors (Lipinski definition) is 2. The van der Waals surface area contributed by atoms with Crippen LogP contribution in [0.1, 0.15) is 11.1 Å². The first-order valence-electron chi connectivity index (χ1n) is 7.30. The first-order valence-corrected chi connectivity index (χ1v) is 7.68. The zero-order chi connectivity index (χ0) is 17.4. The van der Waals surface area contributed by atoms with Gasteiger partial charge in [-0.05, 0) is 23.8 Å². The lowest BCUT2D eigenvalue weighted by Gasteiger charge is -2.14. The molecule has 2 rings (SSSR count). The number of rotatable bonds is 6. The van der Waals surface area contributed by atoms with Crippen LogP contribution in [0, 0.1) is 0 Å². The van der Waals surface area contributed by atoms with Crippen LogP contribution in [0.15, 0.2) is 53.5 Å². The lowest BCUT2D eigenvalue weighted by molar-refractivity contribution is -0.0504. The van der Waals surface area contributed by atoms with E-state index in [4.69, 9.17) is 11.6 Å². The maximum Gasteiger partial charge on any atom is 0.387 e. The van der Waals surface area contributed by atoms with Gasteiger partial charge in [0.1, 0.15) is 5.75 Å². The molecule has 0 heterocycles. The first kappa shape index (κ1) is 18.0. The Balaban J connectivity index is 1.91. The number of halogens is 3. The number of nitrogens with one attached hydrogen (secondary N) is 2. The van der Waals surface area contributed by atoms with E-state index in [1.807, 2.05) is 24.3 Å². The molecule has 0 spiro atoms. The van der Waals surface area contributed by atoms with E-state index in [0.29, 0.717) is 29.6 Å². The molecule has 0 amide bonds. The van der Waals surface area contributed by atoms with E-state index in [-0.39, 0.29) is 5.75 Å². The van der Waals surface area contributed by atoms with Crippen LogP contribution in [-0.2, 0) is 13.1 Å². The molecule has 0 aromatic heterocycles. The third-order valence-electron chi connectivity index (χ3n) is 3.23. The van der Waals surface area contributed by atoms with Gasteiger partial charge in [-0.25, -0.2) is 0 Å². The molecule has 0 radical (unpaired) electrons. The Labute approximate surface area is 144 Å². The highest BCUT2D eigenvalue weighted by atomic mass is 35.5. The van der Waals surface area contributed by atoms with Gasteiger partial charge in [-0.3, -0.25) is 4.99 Å². The van der Waals surface area contributed by atoms with Crippen molar-refractivity contribution in [1.29, 1.82) is 0 Å². The predicted octanol–water partition coefficient (Wildman–Crippen LogP) is 3.81. The lowest BCUT2D eigenvalue weighted by Crippen LogP contribution is -2.36. The average molecular weight is 354 g/mol. The molecule has 0 bridgehead atoms. The second-order valence-electron chi connectivity index (χ2n) is 4.89. The second kappa shape index (κ2) is 9.08. The molecular formula is C17H18ClF2N3O. The van der Waals surface area contributed by atoms with E-state index in [1.165, 1.54) is 6.07 Å². The van der Waals surface area contributed by atoms with Crippen molar-refractivity contribution in [2.45, 2.75) is 19.7 Å². The van der Waals surface area contributed by atoms with Gasteiger partial charge in [0.15, 0.2) is 5.96 Å².